The summed E-state index contributed by atoms with van der Waals surface area (Å²) in [5.41, 5.74) is 0.290. The highest BCUT2D eigenvalue weighted by Gasteiger charge is 2.07. The monoisotopic (exact) mass is 232 g/mol. The summed E-state index contributed by atoms with van der Waals surface area (Å²) < 4.78 is 9.85. The number of ether oxygens (including phenoxy) is 2. The molecule has 0 aromatic heterocycles. The Morgan fingerprint density at radius 2 is 1.82 bits per heavy atom. The largest absolute Gasteiger partial charge is 0.423 e. The van der Waals surface area contributed by atoms with E-state index < -0.39 is 11.9 Å². The molecule has 0 saturated heterocycles. The van der Waals surface area contributed by atoms with Crippen LogP contribution >= 0.6 is 0 Å². The van der Waals surface area contributed by atoms with E-state index in [1.807, 2.05) is 0 Å². The molecule has 0 aliphatic heterocycles. The lowest BCUT2D eigenvalue weighted by atomic mass is 10.3. The zero-order valence-corrected chi connectivity index (χ0v) is 9.43. The number of rotatable bonds is 4. The number of carbonyl (C=O) groups is 2. The highest BCUT2D eigenvalue weighted by atomic mass is 16.5. The van der Waals surface area contributed by atoms with E-state index in [0.29, 0.717) is 5.57 Å². The summed E-state index contributed by atoms with van der Waals surface area (Å²) in [6.07, 6.45) is 1.05. The molecule has 0 heterocycles. The Labute approximate surface area is 99.2 Å². The molecule has 17 heavy (non-hydrogen) atoms. The number of esters is 2. The van der Waals surface area contributed by atoms with Gasteiger partial charge in [-0.2, -0.15) is 0 Å². The van der Waals surface area contributed by atoms with Gasteiger partial charge in [-0.3, -0.25) is 0 Å². The molecule has 0 saturated carbocycles. The van der Waals surface area contributed by atoms with Crippen LogP contribution in [0.2, 0.25) is 0 Å². The van der Waals surface area contributed by atoms with E-state index in [1.54, 1.807) is 25.1 Å². The minimum absolute atomic E-state index is 0.280. The van der Waals surface area contributed by atoms with Gasteiger partial charge in [0.2, 0.25) is 0 Å². The lowest BCUT2D eigenvalue weighted by molar-refractivity contribution is -0.130. The first-order valence-electron chi connectivity index (χ1n) is 4.85. The van der Waals surface area contributed by atoms with Gasteiger partial charge in [-0.1, -0.05) is 19.2 Å². The zero-order valence-electron chi connectivity index (χ0n) is 9.43. The van der Waals surface area contributed by atoms with E-state index in [9.17, 15) is 9.59 Å². The summed E-state index contributed by atoms with van der Waals surface area (Å²) in [4.78, 5) is 22.2. The van der Waals surface area contributed by atoms with Crippen molar-refractivity contribution >= 4 is 11.9 Å². The second-order valence-corrected chi connectivity index (χ2v) is 3.27. The average Bonchev–Trinajstić information content (AvgIpc) is 2.29. The molecule has 4 nitrogen and oxygen atoms in total. The Kier molecular flexibility index (Phi) is 4.22. The molecule has 0 bridgehead atoms. The van der Waals surface area contributed by atoms with Crippen molar-refractivity contribution in [3.8, 4) is 11.5 Å². The maximum Gasteiger partial charge on any atom is 0.338 e. The molecule has 0 fully saturated rings. The molecular formula is C13H12O4. The summed E-state index contributed by atoms with van der Waals surface area (Å²) in [7, 11) is 0. The smallest absolute Gasteiger partial charge is 0.338 e. The molecule has 4 heteroatoms. The second-order valence-electron chi connectivity index (χ2n) is 3.27. The van der Waals surface area contributed by atoms with Gasteiger partial charge >= 0.3 is 11.9 Å². The SMILES string of the molecule is C=CC(=O)Oc1cccc(OC(=O)C(=C)C)c1. The van der Waals surface area contributed by atoms with Crippen LogP contribution < -0.4 is 9.47 Å². The van der Waals surface area contributed by atoms with Gasteiger partial charge in [-0.15, -0.1) is 0 Å². The van der Waals surface area contributed by atoms with Gasteiger partial charge < -0.3 is 9.47 Å². The maximum atomic E-state index is 11.3. The van der Waals surface area contributed by atoms with Crippen molar-refractivity contribution in [3.63, 3.8) is 0 Å². The number of hydrogen-bond donors (Lipinski definition) is 0. The van der Waals surface area contributed by atoms with Gasteiger partial charge in [0.15, 0.2) is 0 Å². The minimum Gasteiger partial charge on any atom is -0.423 e. The molecule has 1 aromatic carbocycles. The highest BCUT2D eigenvalue weighted by Crippen LogP contribution is 2.20. The molecule has 0 N–H and O–H groups in total. The van der Waals surface area contributed by atoms with E-state index in [2.05, 4.69) is 13.2 Å². The van der Waals surface area contributed by atoms with Gasteiger partial charge in [0.25, 0.3) is 0 Å². The van der Waals surface area contributed by atoms with Crippen molar-refractivity contribution in [1.82, 2.24) is 0 Å². The molecule has 88 valence electrons. The van der Waals surface area contributed by atoms with Crippen LogP contribution in [0.3, 0.4) is 0 Å². The average molecular weight is 232 g/mol. The first-order chi connectivity index (χ1) is 8.02. The van der Waals surface area contributed by atoms with Crippen LogP contribution in [0.25, 0.3) is 0 Å². The van der Waals surface area contributed by atoms with E-state index in [4.69, 9.17) is 9.47 Å². The van der Waals surface area contributed by atoms with Crippen LogP contribution in [0.15, 0.2) is 49.1 Å². The molecule has 0 radical (unpaired) electrons. The maximum absolute atomic E-state index is 11.3. The normalized spacial score (nSPS) is 9.24. The van der Waals surface area contributed by atoms with Gasteiger partial charge in [-0.05, 0) is 19.1 Å². The fourth-order valence-electron chi connectivity index (χ4n) is 0.953. The van der Waals surface area contributed by atoms with Gasteiger partial charge in [-0.25, -0.2) is 9.59 Å². The van der Waals surface area contributed by atoms with E-state index in [0.717, 1.165) is 6.08 Å². The van der Waals surface area contributed by atoms with E-state index >= 15 is 0 Å². The Balaban J connectivity index is 2.79. The predicted octanol–water partition coefficient (Wildman–Crippen LogP) is 2.26. The van der Waals surface area contributed by atoms with Crippen LogP contribution in [-0.2, 0) is 9.59 Å². The van der Waals surface area contributed by atoms with Crippen LogP contribution in [0, 0.1) is 0 Å². The summed E-state index contributed by atoms with van der Waals surface area (Å²) >= 11 is 0. The summed E-state index contributed by atoms with van der Waals surface area (Å²) in [6.45, 7) is 8.29. The van der Waals surface area contributed by atoms with Crippen LogP contribution in [0.4, 0.5) is 0 Å². The topological polar surface area (TPSA) is 52.6 Å². The molecular weight excluding hydrogens is 220 g/mol. The number of carbonyl (C=O) groups excluding carboxylic acids is 2. The Hall–Kier alpha value is -2.36. The standard InChI is InChI=1S/C13H12O4/c1-4-12(14)16-10-6-5-7-11(8-10)17-13(15)9(2)3/h4-8H,1-2H2,3H3. The summed E-state index contributed by atoms with van der Waals surface area (Å²) in [5.74, 6) is -0.542. The molecule has 0 spiro atoms. The molecule has 0 atom stereocenters. The van der Waals surface area contributed by atoms with Crippen LogP contribution in [0.1, 0.15) is 6.92 Å². The first-order valence-corrected chi connectivity index (χ1v) is 4.85. The van der Waals surface area contributed by atoms with Crippen molar-refractivity contribution in [2.24, 2.45) is 0 Å². The van der Waals surface area contributed by atoms with Crippen molar-refractivity contribution in [2.45, 2.75) is 6.92 Å². The molecule has 1 aromatic rings. The first kappa shape index (κ1) is 12.7. The number of hydrogen-bond acceptors (Lipinski definition) is 4. The van der Waals surface area contributed by atoms with Crippen molar-refractivity contribution in [2.75, 3.05) is 0 Å². The second kappa shape index (κ2) is 5.65. The minimum atomic E-state index is -0.576. The predicted molar refractivity (Wildman–Crippen MR) is 62.7 cm³/mol. The van der Waals surface area contributed by atoms with Crippen LogP contribution in [-0.4, -0.2) is 11.9 Å². The highest BCUT2D eigenvalue weighted by molar-refractivity contribution is 5.88. The molecule has 0 aliphatic carbocycles. The van der Waals surface area contributed by atoms with Crippen molar-refractivity contribution < 1.29 is 19.1 Å². The Morgan fingerprint density at radius 1 is 1.24 bits per heavy atom. The van der Waals surface area contributed by atoms with Crippen LogP contribution in [0.5, 0.6) is 11.5 Å². The lowest BCUT2D eigenvalue weighted by Gasteiger charge is -2.05. The third-order valence-electron chi connectivity index (χ3n) is 1.75. The third kappa shape index (κ3) is 3.95. The molecule has 0 unspecified atom stereocenters. The number of benzene rings is 1. The Morgan fingerprint density at radius 3 is 2.35 bits per heavy atom. The zero-order chi connectivity index (χ0) is 12.8. The van der Waals surface area contributed by atoms with E-state index in [-0.39, 0.29) is 11.5 Å². The fraction of sp³-hybridized carbons (Fsp3) is 0.0769. The van der Waals surface area contributed by atoms with Gasteiger partial charge in [0, 0.05) is 17.7 Å². The fourth-order valence-corrected chi connectivity index (χ4v) is 0.953. The molecule has 0 aliphatic rings. The van der Waals surface area contributed by atoms with Crippen molar-refractivity contribution in [3.05, 3.63) is 49.1 Å². The third-order valence-corrected chi connectivity index (χ3v) is 1.75. The lowest BCUT2D eigenvalue weighted by Crippen LogP contribution is -2.08. The Bertz CT molecular complexity index is 474. The molecule has 0 amide bonds. The quantitative estimate of drug-likeness (QED) is 0.454. The van der Waals surface area contributed by atoms with E-state index in [1.165, 1.54) is 6.07 Å². The summed E-state index contributed by atoms with van der Waals surface area (Å²) in [6, 6.07) is 6.18. The summed E-state index contributed by atoms with van der Waals surface area (Å²) in [5, 5.41) is 0. The van der Waals surface area contributed by atoms with Crippen molar-refractivity contribution in [1.29, 1.82) is 0 Å². The van der Waals surface area contributed by atoms with Gasteiger partial charge in [0.05, 0.1) is 0 Å². The molecule has 1 rings (SSSR count). The van der Waals surface area contributed by atoms with Gasteiger partial charge in [0.1, 0.15) is 11.5 Å².